The molecule has 5 heteroatoms. The number of nitrogens with two attached hydrogens (primary N) is 1. The summed E-state index contributed by atoms with van der Waals surface area (Å²) in [5.41, 5.74) is 7.94. The van der Waals surface area contributed by atoms with Crippen LogP contribution in [0.5, 0.6) is 0 Å². The summed E-state index contributed by atoms with van der Waals surface area (Å²) in [6.45, 7) is 1.87. The van der Waals surface area contributed by atoms with Crippen LogP contribution in [-0.4, -0.2) is 25.7 Å². The van der Waals surface area contributed by atoms with Gasteiger partial charge >= 0.3 is 0 Å². The largest absolute Gasteiger partial charge is 0.399 e. The average Bonchev–Trinajstić information content (AvgIpc) is 2.40. The number of hydrogen-bond acceptors (Lipinski definition) is 4. The van der Waals surface area contributed by atoms with Gasteiger partial charge in [-0.15, -0.1) is 0 Å². The van der Waals surface area contributed by atoms with Crippen LogP contribution in [0.2, 0.25) is 0 Å². The number of aryl methyl sites for hydroxylation is 1. The summed E-state index contributed by atoms with van der Waals surface area (Å²) in [5.74, 6) is -0.145. The molecule has 0 saturated heterocycles. The molecule has 0 aliphatic heterocycles. The third-order valence-corrected chi connectivity index (χ3v) is 5.80. The summed E-state index contributed by atoms with van der Waals surface area (Å²) in [6.07, 6.45) is 3.94. The average molecular weight is 295 g/mol. The lowest BCUT2D eigenvalue weighted by atomic mass is 9.83. The van der Waals surface area contributed by atoms with Gasteiger partial charge < -0.3 is 5.73 Å². The molecule has 0 heterocycles. The molecule has 0 radical (unpaired) electrons. The van der Waals surface area contributed by atoms with Crippen molar-refractivity contribution in [1.82, 2.24) is 0 Å². The van der Waals surface area contributed by atoms with Crippen LogP contribution in [0.3, 0.4) is 0 Å². The molecule has 1 aliphatic carbocycles. The van der Waals surface area contributed by atoms with E-state index < -0.39 is 9.84 Å². The molecule has 2 N–H and O–H groups in total. The Hall–Kier alpha value is -1.36. The van der Waals surface area contributed by atoms with Crippen molar-refractivity contribution in [3.63, 3.8) is 0 Å². The SMILES string of the molecule is Cc1cc(C(=O)C2CCCC(S(C)(=O)=O)C2)ccc1N. The van der Waals surface area contributed by atoms with Gasteiger partial charge in [-0.3, -0.25) is 4.79 Å². The lowest BCUT2D eigenvalue weighted by molar-refractivity contribution is 0.0891. The van der Waals surface area contributed by atoms with Crippen LogP contribution >= 0.6 is 0 Å². The Bertz CT molecular complexity index is 622. The van der Waals surface area contributed by atoms with Gasteiger partial charge in [-0.2, -0.15) is 0 Å². The predicted molar refractivity (Wildman–Crippen MR) is 80.5 cm³/mol. The molecular formula is C15H21NO3S. The molecule has 110 valence electrons. The third-order valence-electron chi connectivity index (χ3n) is 4.16. The van der Waals surface area contributed by atoms with Crippen LogP contribution in [0.25, 0.3) is 0 Å². The number of sulfone groups is 1. The quantitative estimate of drug-likeness (QED) is 0.686. The molecule has 20 heavy (non-hydrogen) atoms. The van der Waals surface area contributed by atoms with Gasteiger partial charge in [0.2, 0.25) is 0 Å². The first-order valence-electron chi connectivity index (χ1n) is 6.88. The molecule has 2 unspecified atom stereocenters. The van der Waals surface area contributed by atoms with Gasteiger partial charge in [0.25, 0.3) is 0 Å². The van der Waals surface area contributed by atoms with E-state index in [0.29, 0.717) is 24.1 Å². The fourth-order valence-electron chi connectivity index (χ4n) is 2.84. The van der Waals surface area contributed by atoms with Crippen molar-refractivity contribution in [2.24, 2.45) is 5.92 Å². The highest BCUT2D eigenvalue weighted by atomic mass is 32.2. The van der Waals surface area contributed by atoms with Gasteiger partial charge in [0.05, 0.1) is 5.25 Å². The maximum absolute atomic E-state index is 12.5. The summed E-state index contributed by atoms with van der Waals surface area (Å²) < 4.78 is 23.3. The maximum atomic E-state index is 12.5. The van der Waals surface area contributed by atoms with Crippen molar-refractivity contribution in [2.45, 2.75) is 37.9 Å². The summed E-state index contributed by atoms with van der Waals surface area (Å²) in [6, 6.07) is 5.26. The Balaban J connectivity index is 2.18. The molecule has 1 aliphatic rings. The van der Waals surface area contributed by atoms with Crippen molar-refractivity contribution in [3.8, 4) is 0 Å². The number of carbonyl (C=O) groups excluding carboxylic acids is 1. The zero-order chi connectivity index (χ0) is 14.9. The number of nitrogen functional groups attached to an aromatic ring is 1. The molecule has 1 aromatic carbocycles. The molecule has 2 atom stereocenters. The number of ketones is 1. The summed E-state index contributed by atoms with van der Waals surface area (Å²) in [5, 5.41) is -0.375. The molecule has 1 fully saturated rings. The van der Waals surface area contributed by atoms with Crippen molar-refractivity contribution < 1.29 is 13.2 Å². The van der Waals surface area contributed by atoms with E-state index in [4.69, 9.17) is 5.73 Å². The Labute approximate surface area is 120 Å². The van der Waals surface area contributed by atoms with Gasteiger partial charge in [0, 0.05) is 23.4 Å². The molecule has 0 spiro atoms. The number of anilines is 1. The highest BCUT2D eigenvalue weighted by molar-refractivity contribution is 7.91. The molecular weight excluding hydrogens is 274 g/mol. The summed E-state index contributed by atoms with van der Waals surface area (Å²) >= 11 is 0. The number of carbonyl (C=O) groups is 1. The molecule has 4 nitrogen and oxygen atoms in total. The van der Waals surface area contributed by atoms with Crippen LogP contribution < -0.4 is 5.73 Å². The van der Waals surface area contributed by atoms with E-state index in [1.807, 2.05) is 6.92 Å². The van der Waals surface area contributed by atoms with E-state index in [2.05, 4.69) is 0 Å². The predicted octanol–water partition coefficient (Wildman–Crippen LogP) is 2.36. The van der Waals surface area contributed by atoms with E-state index in [-0.39, 0.29) is 17.0 Å². The van der Waals surface area contributed by atoms with Crippen LogP contribution in [0.4, 0.5) is 5.69 Å². The van der Waals surface area contributed by atoms with Gasteiger partial charge in [0.15, 0.2) is 5.78 Å². The van der Waals surface area contributed by atoms with Crippen molar-refractivity contribution >= 4 is 21.3 Å². The fourth-order valence-corrected chi connectivity index (χ4v) is 4.01. The number of hydrogen-bond donors (Lipinski definition) is 1. The normalized spacial score (nSPS) is 23.5. The second-order valence-electron chi connectivity index (χ2n) is 5.75. The van der Waals surface area contributed by atoms with E-state index in [1.165, 1.54) is 6.26 Å². The second kappa shape index (κ2) is 5.56. The highest BCUT2D eigenvalue weighted by Gasteiger charge is 2.32. The Morgan fingerprint density at radius 1 is 1.30 bits per heavy atom. The topological polar surface area (TPSA) is 77.2 Å². The fraction of sp³-hybridized carbons (Fsp3) is 0.533. The van der Waals surface area contributed by atoms with Crippen molar-refractivity contribution in [3.05, 3.63) is 29.3 Å². The van der Waals surface area contributed by atoms with Gasteiger partial charge in [-0.1, -0.05) is 6.42 Å². The zero-order valence-electron chi connectivity index (χ0n) is 11.9. The molecule has 1 saturated carbocycles. The van der Waals surface area contributed by atoms with E-state index in [9.17, 15) is 13.2 Å². The van der Waals surface area contributed by atoms with Crippen molar-refractivity contribution in [1.29, 1.82) is 0 Å². The minimum atomic E-state index is -3.06. The minimum Gasteiger partial charge on any atom is -0.399 e. The van der Waals surface area contributed by atoms with Crippen LogP contribution in [0.15, 0.2) is 18.2 Å². The lowest BCUT2D eigenvalue weighted by Crippen LogP contribution is -2.31. The first kappa shape index (κ1) is 15.0. The molecule has 0 bridgehead atoms. The zero-order valence-corrected chi connectivity index (χ0v) is 12.7. The third kappa shape index (κ3) is 3.20. The van der Waals surface area contributed by atoms with Crippen molar-refractivity contribution in [2.75, 3.05) is 12.0 Å². The van der Waals surface area contributed by atoms with Gasteiger partial charge in [-0.05, 0) is 49.9 Å². The van der Waals surface area contributed by atoms with Gasteiger partial charge in [0.1, 0.15) is 9.84 Å². The van der Waals surface area contributed by atoms with E-state index in [1.54, 1.807) is 18.2 Å². The summed E-state index contributed by atoms with van der Waals surface area (Å²) in [7, 11) is -3.06. The van der Waals surface area contributed by atoms with Crippen LogP contribution in [-0.2, 0) is 9.84 Å². The lowest BCUT2D eigenvalue weighted by Gasteiger charge is -2.27. The molecule has 2 rings (SSSR count). The standard InChI is InChI=1S/C15H21NO3S/c1-10-8-12(6-7-14(10)16)15(17)11-4-3-5-13(9-11)20(2,18)19/h6-8,11,13H,3-5,9,16H2,1-2H3. The Morgan fingerprint density at radius 3 is 2.60 bits per heavy atom. The van der Waals surface area contributed by atoms with Crippen LogP contribution in [0.1, 0.15) is 41.6 Å². The Morgan fingerprint density at radius 2 is 2.00 bits per heavy atom. The molecule has 1 aromatic rings. The number of rotatable bonds is 3. The number of Topliss-reactive ketones (excluding diaryl/α,β-unsaturated/α-hetero) is 1. The van der Waals surface area contributed by atoms with E-state index in [0.717, 1.165) is 18.4 Å². The molecule has 0 aromatic heterocycles. The maximum Gasteiger partial charge on any atom is 0.165 e. The summed E-state index contributed by atoms with van der Waals surface area (Å²) in [4.78, 5) is 12.5. The monoisotopic (exact) mass is 295 g/mol. The molecule has 0 amide bonds. The minimum absolute atomic E-state index is 0.0430. The van der Waals surface area contributed by atoms with Gasteiger partial charge in [-0.25, -0.2) is 8.42 Å². The second-order valence-corrected chi connectivity index (χ2v) is 8.08. The Kier molecular flexibility index (Phi) is 4.18. The smallest absolute Gasteiger partial charge is 0.165 e. The first-order valence-corrected chi connectivity index (χ1v) is 8.83. The van der Waals surface area contributed by atoms with E-state index >= 15 is 0 Å². The van der Waals surface area contributed by atoms with Crippen LogP contribution in [0, 0.1) is 12.8 Å². The number of benzene rings is 1. The highest BCUT2D eigenvalue weighted by Crippen LogP contribution is 2.31. The first-order chi connectivity index (χ1) is 9.29.